The van der Waals surface area contributed by atoms with Gasteiger partial charge in [0.15, 0.2) is 0 Å². The highest BCUT2D eigenvalue weighted by Crippen LogP contribution is 2.38. The van der Waals surface area contributed by atoms with Gasteiger partial charge in [0.2, 0.25) is 0 Å². The summed E-state index contributed by atoms with van der Waals surface area (Å²) >= 11 is 0. The van der Waals surface area contributed by atoms with Gasteiger partial charge in [-0.2, -0.15) is 0 Å². The SMILES string of the molecule is c1ccc(-c2ccc(N(c3ccccc3)c3ccc(-c4ccc(-c5ccc6oc7cc(-c8ccccc8)ccc7c6c5)cc4)cc3)cc2)cc1. The first-order chi connectivity index (χ1) is 24.8. The van der Waals surface area contributed by atoms with Gasteiger partial charge in [0.1, 0.15) is 11.2 Å². The van der Waals surface area contributed by atoms with Crippen LogP contribution < -0.4 is 4.90 Å². The predicted molar refractivity (Wildman–Crippen MR) is 210 cm³/mol. The maximum Gasteiger partial charge on any atom is 0.136 e. The van der Waals surface area contributed by atoms with Crippen molar-refractivity contribution < 1.29 is 4.42 Å². The summed E-state index contributed by atoms with van der Waals surface area (Å²) in [6.45, 7) is 0. The Bertz CT molecular complexity index is 2530. The van der Waals surface area contributed by atoms with E-state index >= 15 is 0 Å². The molecule has 0 amide bonds. The molecule has 8 aromatic carbocycles. The predicted octanol–water partition coefficient (Wildman–Crippen LogP) is 13.7. The largest absolute Gasteiger partial charge is 0.456 e. The second-order valence-electron chi connectivity index (χ2n) is 12.6. The molecule has 0 spiro atoms. The molecule has 9 rings (SSSR count). The molecule has 1 aromatic heterocycles. The molecule has 0 atom stereocenters. The molecule has 2 heteroatoms. The van der Waals surface area contributed by atoms with Crippen LogP contribution in [-0.4, -0.2) is 0 Å². The van der Waals surface area contributed by atoms with Crippen LogP contribution in [0.15, 0.2) is 205 Å². The molecule has 0 fully saturated rings. The van der Waals surface area contributed by atoms with Gasteiger partial charge in [0.25, 0.3) is 0 Å². The molecule has 0 saturated carbocycles. The minimum Gasteiger partial charge on any atom is -0.456 e. The summed E-state index contributed by atoms with van der Waals surface area (Å²) in [6.07, 6.45) is 0. The molecule has 0 radical (unpaired) electrons. The van der Waals surface area contributed by atoms with Gasteiger partial charge in [0, 0.05) is 27.8 Å². The summed E-state index contributed by atoms with van der Waals surface area (Å²) < 4.78 is 6.29. The summed E-state index contributed by atoms with van der Waals surface area (Å²) in [7, 11) is 0. The maximum atomic E-state index is 6.29. The smallest absolute Gasteiger partial charge is 0.136 e. The van der Waals surface area contributed by atoms with Gasteiger partial charge < -0.3 is 9.32 Å². The van der Waals surface area contributed by atoms with Gasteiger partial charge in [-0.05, 0) is 105 Å². The number of hydrogen-bond donors (Lipinski definition) is 0. The van der Waals surface area contributed by atoms with Crippen LogP contribution in [0.25, 0.3) is 66.4 Å². The van der Waals surface area contributed by atoms with E-state index in [9.17, 15) is 0 Å². The molecule has 0 N–H and O–H groups in total. The Hall–Kier alpha value is -6.64. The zero-order valence-electron chi connectivity index (χ0n) is 27.4. The Morgan fingerprint density at radius 2 is 0.640 bits per heavy atom. The van der Waals surface area contributed by atoms with E-state index in [1.54, 1.807) is 0 Å². The fraction of sp³-hybridized carbons (Fsp3) is 0. The first-order valence-electron chi connectivity index (χ1n) is 17.0. The number of anilines is 3. The monoisotopic (exact) mass is 639 g/mol. The Morgan fingerprint density at radius 1 is 0.260 bits per heavy atom. The van der Waals surface area contributed by atoms with Crippen molar-refractivity contribution in [1.82, 2.24) is 0 Å². The fourth-order valence-corrected chi connectivity index (χ4v) is 6.88. The highest BCUT2D eigenvalue weighted by atomic mass is 16.3. The second kappa shape index (κ2) is 12.8. The van der Waals surface area contributed by atoms with Gasteiger partial charge >= 0.3 is 0 Å². The molecular formula is C48H33NO. The lowest BCUT2D eigenvalue weighted by atomic mass is 9.98. The number of nitrogens with zero attached hydrogens (tertiary/aromatic N) is 1. The molecule has 0 bridgehead atoms. The van der Waals surface area contributed by atoms with Crippen molar-refractivity contribution in [3.8, 4) is 44.5 Å². The van der Waals surface area contributed by atoms with Gasteiger partial charge in [0.05, 0.1) is 0 Å². The van der Waals surface area contributed by atoms with Crippen molar-refractivity contribution in [3.05, 3.63) is 200 Å². The van der Waals surface area contributed by atoms with E-state index in [1.165, 1.54) is 38.9 Å². The molecule has 0 saturated heterocycles. The van der Waals surface area contributed by atoms with Crippen LogP contribution in [0, 0.1) is 0 Å². The summed E-state index contributed by atoms with van der Waals surface area (Å²) in [5, 5.41) is 2.27. The Labute approximate surface area is 292 Å². The average molecular weight is 640 g/mol. The maximum absolute atomic E-state index is 6.29. The third kappa shape index (κ3) is 5.63. The lowest BCUT2D eigenvalue weighted by Gasteiger charge is -2.26. The first kappa shape index (κ1) is 29.5. The molecular weight excluding hydrogens is 607 g/mol. The molecule has 9 aromatic rings. The number of fused-ring (bicyclic) bond motifs is 3. The molecule has 236 valence electrons. The number of hydrogen-bond acceptors (Lipinski definition) is 2. The second-order valence-corrected chi connectivity index (χ2v) is 12.6. The van der Waals surface area contributed by atoms with Crippen LogP contribution in [-0.2, 0) is 0 Å². The molecule has 50 heavy (non-hydrogen) atoms. The quantitative estimate of drug-likeness (QED) is 0.173. The molecule has 0 unspecified atom stereocenters. The van der Waals surface area contributed by atoms with Crippen LogP contribution in [0.3, 0.4) is 0 Å². The number of rotatable bonds is 7. The zero-order chi connectivity index (χ0) is 33.3. The van der Waals surface area contributed by atoms with Gasteiger partial charge in [-0.25, -0.2) is 0 Å². The summed E-state index contributed by atoms with van der Waals surface area (Å²) in [5.74, 6) is 0. The van der Waals surface area contributed by atoms with Gasteiger partial charge in [-0.15, -0.1) is 0 Å². The van der Waals surface area contributed by atoms with Crippen LogP contribution in [0.2, 0.25) is 0 Å². The summed E-state index contributed by atoms with van der Waals surface area (Å²) in [6, 6.07) is 71.0. The van der Waals surface area contributed by atoms with Gasteiger partial charge in [-0.1, -0.05) is 140 Å². The molecule has 1 heterocycles. The van der Waals surface area contributed by atoms with Crippen molar-refractivity contribution in [2.75, 3.05) is 4.90 Å². The van der Waals surface area contributed by atoms with E-state index in [-0.39, 0.29) is 0 Å². The standard InChI is InChI=1S/C48H33NO/c1-4-10-34(11-5-1)37-20-26-43(27-21-37)49(42-14-8-3-9-15-42)44-28-22-38(23-29-44)36-16-18-39(19-17-36)40-25-31-47-46(32-40)45-30-24-41(33-48(45)50-47)35-12-6-2-7-13-35/h1-33H. The Kier molecular flexibility index (Phi) is 7.53. The van der Waals surface area contributed by atoms with Crippen LogP contribution in [0.1, 0.15) is 0 Å². The minimum atomic E-state index is 0.905. The summed E-state index contributed by atoms with van der Waals surface area (Å²) in [5.41, 5.74) is 14.6. The van der Waals surface area contributed by atoms with Gasteiger partial charge in [-0.3, -0.25) is 0 Å². The molecule has 2 nitrogen and oxygen atoms in total. The summed E-state index contributed by atoms with van der Waals surface area (Å²) in [4.78, 5) is 2.31. The van der Waals surface area contributed by atoms with E-state index in [2.05, 4.69) is 199 Å². The van der Waals surface area contributed by atoms with E-state index in [4.69, 9.17) is 4.42 Å². The van der Waals surface area contributed by atoms with Crippen molar-refractivity contribution in [2.24, 2.45) is 0 Å². The van der Waals surface area contributed by atoms with E-state index in [1.807, 2.05) is 6.07 Å². The fourth-order valence-electron chi connectivity index (χ4n) is 6.88. The molecule has 0 aliphatic heterocycles. The minimum absolute atomic E-state index is 0.905. The van der Waals surface area contributed by atoms with E-state index < -0.39 is 0 Å². The molecule has 0 aliphatic carbocycles. The Balaban J connectivity index is 0.983. The van der Waals surface area contributed by atoms with E-state index in [0.717, 1.165) is 44.6 Å². The van der Waals surface area contributed by atoms with Crippen LogP contribution in [0.5, 0.6) is 0 Å². The third-order valence-corrected chi connectivity index (χ3v) is 9.50. The topological polar surface area (TPSA) is 16.4 Å². The van der Waals surface area contributed by atoms with Crippen molar-refractivity contribution in [3.63, 3.8) is 0 Å². The number of para-hydroxylation sites is 1. The average Bonchev–Trinajstić information content (AvgIpc) is 3.57. The highest BCUT2D eigenvalue weighted by molar-refractivity contribution is 6.07. The zero-order valence-corrected chi connectivity index (χ0v) is 27.4. The lowest BCUT2D eigenvalue weighted by Crippen LogP contribution is -2.09. The van der Waals surface area contributed by atoms with E-state index in [0.29, 0.717) is 0 Å². The Morgan fingerprint density at radius 3 is 1.20 bits per heavy atom. The third-order valence-electron chi connectivity index (χ3n) is 9.50. The van der Waals surface area contributed by atoms with Crippen molar-refractivity contribution in [2.45, 2.75) is 0 Å². The normalized spacial score (nSPS) is 11.2. The van der Waals surface area contributed by atoms with Crippen LogP contribution >= 0.6 is 0 Å². The van der Waals surface area contributed by atoms with Crippen LogP contribution in [0.4, 0.5) is 17.1 Å². The number of benzene rings is 8. The van der Waals surface area contributed by atoms with Crippen molar-refractivity contribution >= 4 is 39.0 Å². The lowest BCUT2D eigenvalue weighted by molar-refractivity contribution is 0.669. The highest BCUT2D eigenvalue weighted by Gasteiger charge is 2.14. The number of furan rings is 1. The molecule has 0 aliphatic rings. The van der Waals surface area contributed by atoms with Crippen molar-refractivity contribution in [1.29, 1.82) is 0 Å². The first-order valence-corrected chi connectivity index (χ1v) is 17.0.